The molecule has 1 aliphatic heterocycles. The predicted molar refractivity (Wildman–Crippen MR) is 123 cm³/mol. The van der Waals surface area contributed by atoms with E-state index in [4.69, 9.17) is 0 Å². The number of fused-ring (bicyclic) bond motifs is 1. The summed E-state index contributed by atoms with van der Waals surface area (Å²) in [4.78, 5) is 34.1. The van der Waals surface area contributed by atoms with Crippen molar-refractivity contribution < 1.29 is 9.59 Å². The Morgan fingerprint density at radius 2 is 1.87 bits per heavy atom. The number of rotatable bonds is 6. The molecule has 2 amide bonds. The van der Waals surface area contributed by atoms with Crippen molar-refractivity contribution in [3.63, 3.8) is 0 Å². The summed E-state index contributed by atoms with van der Waals surface area (Å²) in [5.74, 6) is 0.0260. The monoisotopic (exact) mass is 414 g/mol. The van der Waals surface area contributed by atoms with Crippen LogP contribution in [0.1, 0.15) is 51.5 Å². The highest BCUT2D eigenvalue weighted by atomic mass is 16.2. The van der Waals surface area contributed by atoms with Crippen molar-refractivity contribution in [2.24, 2.45) is 0 Å². The molecule has 0 bridgehead atoms. The minimum atomic E-state index is -0.0270. The summed E-state index contributed by atoms with van der Waals surface area (Å²) in [7, 11) is 0. The number of carbonyl (C=O) groups excluding carboxylic acids is 2. The van der Waals surface area contributed by atoms with E-state index >= 15 is 0 Å². The minimum Gasteiger partial charge on any atom is -0.358 e. The van der Waals surface area contributed by atoms with Crippen LogP contribution in [0.25, 0.3) is 23.4 Å². The third kappa shape index (κ3) is 4.43. The van der Waals surface area contributed by atoms with E-state index < -0.39 is 0 Å². The molecular formula is C25H26N4O2. The summed E-state index contributed by atoms with van der Waals surface area (Å²) in [5.41, 5.74) is 6.10. The third-order valence-electron chi connectivity index (χ3n) is 5.55. The molecule has 2 N–H and O–H groups in total. The van der Waals surface area contributed by atoms with Gasteiger partial charge in [0.1, 0.15) is 0 Å². The quantitative estimate of drug-likeness (QED) is 0.640. The van der Waals surface area contributed by atoms with E-state index in [0.717, 1.165) is 40.2 Å². The molecule has 6 nitrogen and oxygen atoms in total. The van der Waals surface area contributed by atoms with Crippen molar-refractivity contribution in [3.05, 3.63) is 76.7 Å². The fourth-order valence-electron chi connectivity index (χ4n) is 3.77. The number of hydrogen-bond donors (Lipinski definition) is 2. The van der Waals surface area contributed by atoms with Crippen molar-refractivity contribution in [3.8, 4) is 11.3 Å². The minimum absolute atomic E-state index is 0.0270. The second-order valence-electron chi connectivity index (χ2n) is 7.48. The van der Waals surface area contributed by atoms with E-state index in [2.05, 4.69) is 15.3 Å². The fraction of sp³-hybridized carbons (Fsp3) is 0.240. The number of carbonyl (C=O) groups is 2. The zero-order chi connectivity index (χ0) is 21.8. The van der Waals surface area contributed by atoms with E-state index in [1.165, 1.54) is 0 Å². The molecule has 0 aliphatic carbocycles. The van der Waals surface area contributed by atoms with Gasteiger partial charge in [-0.2, -0.15) is 0 Å². The summed E-state index contributed by atoms with van der Waals surface area (Å²) in [6.45, 7) is 6.03. The Morgan fingerprint density at radius 1 is 1.10 bits per heavy atom. The second-order valence-corrected chi connectivity index (χ2v) is 7.48. The van der Waals surface area contributed by atoms with Crippen LogP contribution in [0.5, 0.6) is 0 Å². The number of hydrogen-bond acceptors (Lipinski definition) is 3. The van der Waals surface area contributed by atoms with Crippen molar-refractivity contribution in [2.75, 3.05) is 19.6 Å². The number of aromatic amines is 1. The van der Waals surface area contributed by atoms with Crippen molar-refractivity contribution in [2.45, 2.75) is 20.3 Å². The molecule has 0 radical (unpaired) electrons. The van der Waals surface area contributed by atoms with E-state index in [-0.39, 0.29) is 11.8 Å². The zero-order valence-corrected chi connectivity index (χ0v) is 17.8. The van der Waals surface area contributed by atoms with E-state index in [1.54, 1.807) is 6.20 Å². The maximum atomic E-state index is 12.4. The van der Waals surface area contributed by atoms with Gasteiger partial charge in [0.05, 0.1) is 11.3 Å². The summed E-state index contributed by atoms with van der Waals surface area (Å²) in [6.07, 6.45) is 6.50. The van der Waals surface area contributed by atoms with Gasteiger partial charge in [0.2, 0.25) is 0 Å². The molecule has 0 atom stereocenters. The highest BCUT2D eigenvalue weighted by molar-refractivity contribution is 5.98. The van der Waals surface area contributed by atoms with Crippen LogP contribution in [0.4, 0.5) is 0 Å². The molecule has 1 aliphatic rings. The molecule has 0 fully saturated rings. The number of pyridine rings is 1. The Labute approximate surface area is 182 Å². The van der Waals surface area contributed by atoms with Crippen LogP contribution < -0.4 is 5.32 Å². The van der Waals surface area contributed by atoms with E-state index in [9.17, 15) is 9.59 Å². The fourth-order valence-corrected chi connectivity index (χ4v) is 3.77. The van der Waals surface area contributed by atoms with Crippen LogP contribution in [-0.2, 0) is 6.42 Å². The standard InChI is InChI=1S/C25H26N4O2/c1-3-29(4-2)25(31)18-8-5-17(6-9-18)7-10-20-15-19(11-13-26-20)23-16-21-22(28-23)12-14-27-24(21)30/h5-11,13,15-16,28H,3-4,12,14H2,1-2H3,(H,27,30)/b10-7+. The molecule has 3 heterocycles. The lowest BCUT2D eigenvalue weighted by molar-refractivity contribution is 0.0772. The average Bonchev–Trinajstić information content (AvgIpc) is 3.25. The average molecular weight is 415 g/mol. The molecular weight excluding hydrogens is 388 g/mol. The van der Waals surface area contributed by atoms with E-state index in [1.807, 2.05) is 73.4 Å². The number of nitrogens with one attached hydrogen (secondary N) is 2. The number of benzene rings is 1. The van der Waals surface area contributed by atoms with Crippen molar-refractivity contribution in [1.82, 2.24) is 20.2 Å². The van der Waals surface area contributed by atoms with Gasteiger partial charge in [0.25, 0.3) is 11.8 Å². The highest BCUT2D eigenvalue weighted by Gasteiger charge is 2.20. The lowest BCUT2D eigenvalue weighted by atomic mass is 10.1. The summed E-state index contributed by atoms with van der Waals surface area (Å²) >= 11 is 0. The Kier molecular flexibility index (Phi) is 5.98. The lowest BCUT2D eigenvalue weighted by Crippen LogP contribution is -2.31. The van der Waals surface area contributed by atoms with Crippen LogP contribution in [0.2, 0.25) is 0 Å². The molecule has 6 heteroatoms. The first-order valence-electron chi connectivity index (χ1n) is 10.6. The van der Waals surface area contributed by atoms with E-state index in [0.29, 0.717) is 25.2 Å². The van der Waals surface area contributed by atoms with Crippen molar-refractivity contribution in [1.29, 1.82) is 0 Å². The normalized spacial score (nSPS) is 13.2. The van der Waals surface area contributed by atoms with Gasteiger partial charge in [0, 0.05) is 54.8 Å². The SMILES string of the molecule is CCN(CC)C(=O)c1ccc(/C=C/c2cc(-c3cc4c([nH]3)CCNC4=O)ccn2)cc1. The van der Waals surface area contributed by atoms with Gasteiger partial charge >= 0.3 is 0 Å². The molecule has 4 rings (SSSR count). The topological polar surface area (TPSA) is 78.1 Å². The first kappa shape index (κ1) is 20.6. The van der Waals surface area contributed by atoms with Gasteiger partial charge in [-0.3, -0.25) is 14.6 Å². The number of amides is 2. The molecule has 0 saturated carbocycles. The molecule has 0 unspecified atom stereocenters. The third-order valence-corrected chi connectivity index (χ3v) is 5.55. The summed E-state index contributed by atoms with van der Waals surface area (Å²) in [6, 6.07) is 13.4. The van der Waals surface area contributed by atoms with Crippen LogP contribution in [0.15, 0.2) is 48.7 Å². The summed E-state index contributed by atoms with van der Waals surface area (Å²) < 4.78 is 0. The van der Waals surface area contributed by atoms with Crippen LogP contribution in [-0.4, -0.2) is 46.3 Å². The molecule has 158 valence electrons. The Hall–Kier alpha value is -3.67. The van der Waals surface area contributed by atoms with Crippen molar-refractivity contribution >= 4 is 24.0 Å². The number of H-pyrrole nitrogens is 1. The Morgan fingerprint density at radius 3 is 2.58 bits per heavy atom. The van der Waals surface area contributed by atoms with Crippen LogP contribution >= 0.6 is 0 Å². The second kappa shape index (κ2) is 9.00. The Balaban J connectivity index is 1.50. The van der Waals surface area contributed by atoms with Crippen LogP contribution in [0, 0.1) is 0 Å². The Bertz CT molecular complexity index is 1120. The van der Waals surface area contributed by atoms with Gasteiger partial charge < -0.3 is 15.2 Å². The largest absolute Gasteiger partial charge is 0.358 e. The first-order valence-corrected chi connectivity index (χ1v) is 10.6. The molecule has 31 heavy (non-hydrogen) atoms. The maximum Gasteiger partial charge on any atom is 0.253 e. The van der Waals surface area contributed by atoms with Gasteiger partial charge in [0.15, 0.2) is 0 Å². The molecule has 0 saturated heterocycles. The summed E-state index contributed by atoms with van der Waals surface area (Å²) in [5, 5.41) is 2.87. The predicted octanol–water partition coefficient (Wildman–Crippen LogP) is 4.02. The van der Waals surface area contributed by atoms with Gasteiger partial charge in [-0.25, -0.2) is 0 Å². The molecule has 0 spiro atoms. The number of aromatic nitrogens is 2. The van der Waals surface area contributed by atoms with Gasteiger partial charge in [-0.05, 0) is 55.8 Å². The smallest absolute Gasteiger partial charge is 0.253 e. The number of nitrogens with zero attached hydrogens (tertiary/aromatic N) is 2. The van der Waals surface area contributed by atoms with Gasteiger partial charge in [-0.1, -0.05) is 18.2 Å². The zero-order valence-electron chi connectivity index (χ0n) is 17.8. The first-order chi connectivity index (χ1) is 15.1. The lowest BCUT2D eigenvalue weighted by Gasteiger charge is -2.18. The maximum absolute atomic E-state index is 12.4. The van der Waals surface area contributed by atoms with Crippen LogP contribution in [0.3, 0.4) is 0 Å². The molecule has 3 aromatic rings. The van der Waals surface area contributed by atoms with Gasteiger partial charge in [-0.15, -0.1) is 0 Å². The highest BCUT2D eigenvalue weighted by Crippen LogP contribution is 2.24. The molecule has 2 aromatic heterocycles. The molecule has 1 aromatic carbocycles.